The van der Waals surface area contributed by atoms with Crippen LogP contribution in [0.15, 0.2) is 23.1 Å². The van der Waals surface area contributed by atoms with Crippen LogP contribution in [0.1, 0.15) is 19.8 Å². The number of nitrogens with zero attached hydrogens (tertiary/aromatic N) is 1. The molecule has 1 N–H and O–H groups in total. The lowest BCUT2D eigenvalue weighted by Crippen LogP contribution is -2.46. The Labute approximate surface area is 123 Å². The second kappa shape index (κ2) is 5.97. The topological polar surface area (TPSA) is 57.6 Å². The predicted octanol–water partition coefficient (Wildman–Crippen LogP) is 2.26. The third-order valence-electron chi connectivity index (χ3n) is 3.66. The molecule has 0 aromatic heterocycles. The van der Waals surface area contributed by atoms with Gasteiger partial charge in [0.25, 0.3) is 0 Å². The second-order valence-corrected chi connectivity index (χ2v) is 7.39. The third kappa shape index (κ3) is 2.98. The highest BCUT2D eigenvalue weighted by Crippen LogP contribution is 2.31. The molecule has 0 radical (unpaired) electrons. The van der Waals surface area contributed by atoms with Gasteiger partial charge in [0.1, 0.15) is 10.7 Å². The molecule has 0 aliphatic carbocycles. The van der Waals surface area contributed by atoms with E-state index in [0.29, 0.717) is 6.42 Å². The Morgan fingerprint density at radius 2 is 2.15 bits per heavy atom. The van der Waals surface area contributed by atoms with E-state index in [1.165, 1.54) is 10.4 Å². The minimum absolute atomic E-state index is 0.0457. The molecule has 20 heavy (non-hydrogen) atoms. The highest BCUT2D eigenvalue weighted by Gasteiger charge is 2.35. The van der Waals surface area contributed by atoms with E-state index in [1.807, 2.05) is 6.92 Å². The van der Waals surface area contributed by atoms with Crippen molar-refractivity contribution in [2.24, 2.45) is 5.92 Å². The molecule has 0 amide bonds. The minimum Gasteiger partial charge on any atom is -0.396 e. The van der Waals surface area contributed by atoms with Crippen LogP contribution >= 0.6 is 11.6 Å². The third-order valence-corrected chi connectivity index (χ3v) is 6.12. The number of piperidine rings is 1. The zero-order valence-electron chi connectivity index (χ0n) is 11.1. The van der Waals surface area contributed by atoms with Crippen LogP contribution in [-0.2, 0) is 10.0 Å². The van der Waals surface area contributed by atoms with E-state index in [-0.39, 0.29) is 35.0 Å². The maximum Gasteiger partial charge on any atom is 0.244 e. The van der Waals surface area contributed by atoms with Crippen molar-refractivity contribution in [3.05, 3.63) is 29.0 Å². The summed E-state index contributed by atoms with van der Waals surface area (Å²) in [4.78, 5) is -0.0917. The first-order valence-corrected chi connectivity index (χ1v) is 8.26. The Bertz CT molecular complexity index is 593. The number of aliphatic hydroxyl groups excluding tert-OH is 1. The summed E-state index contributed by atoms with van der Waals surface area (Å²) in [6.07, 6.45) is 1.48. The van der Waals surface area contributed by atoms with Gasteiger partial charge >= 0.3 is 0 Å². The summed E-state index contributed by atoms with van der Waals surface area (Å²) in [5, 5.41) is 9.10. The van der Waals surface area contributed by atoms with Crippen LogP contribution in [-0.4, -0.2) is 37.0 Å². The van der Waals surface area contributed by atoms with Crippen molar-refractivity contribution in [1.29, 1.82) is 0 Å². The molecule has 4 nitrogen and oxygen atoms in total. The molecule has 2 unspecified atom stereocenters. The van der Waals surface area contributed by atoms with Gasteiger partial charge in [0.05, 0.1) is 5.02 Å². The molecule has 1 aromatic carbocycles. The Hall–Kier alpha value is -0.690. The summed E-state index contributed by atoms with van der Waals surface area (Å²) in [6, 6.07) is 3.09. The summed E-state index contributed by atoms with van der Waals surface area (Å²) in [5.74, 6) is -0.644. The van der Waals surface area contributed by atoms with Crippen molar-refractivity contribution in [2.75, 3.05) is 13.2 Å². The van der Waals surface area contributed by atoms with Gasteiger partial charge in [-0.15, -0.1) is 0 Å². The standard InChI is InChI=1S/C13H17ClFNO3S/c1-9-2-3-10(8-17)7-16(9)20(18,19)13-5-4-11(15)6-12(13)14/h4-6,9-10,17H,2-3,7-8H2,1H3. The molecular weight excluding hydrogens is 305 g/mol. The first-order chi connectivity index (χ1) is 9.36. The van der Waals surface area contributed by atoms with Crippen molar-refractivity contribution < 1.29 is 17.9 Å². The highest BCUT2D eigenvalue weighted by atomic mass is 35.5. The van der Waals surface area contributed by atoms with Crippen LogP contribution in [0.3, 0.4) is 0 Å². The molecule has 1 aliphatic heterocycles. The highest BCUT2D eigenvalue weighted by molar-refractivity contribution is 7.89. The molecule has 2 rings (SSSR count). The predicted molar refractivity (Wildman–Crippen MR) is 74.6 cm³/mol. The van der Waals surface area contributed by atoms with E-state index in [1.54, 1.807) is 0 Å². The van der Waals surface area contributed by atoms with Crippen molar-refractivity contribution in [2.45, 2.75) is 30.7 Å². The number of hydrogen-bond acceptors (Lipinski definition) is 3. The largest absolute Gasteiger partial charge is 0.396 e. The zero-order chi connectivity index (χ0) is 14.9. The fourth-order valence-corrected chi connectivity index (χ4v) is 4.69. The monoisotopic (exact) mass is 321 g/mol. The van der Waals surface area contributed by atoms with Gasteiger partial charge < -0.3 is 5.11 Å². The smallest absolute Gasteiger partial charge is 0.244 e. The summed E-state index contributed by atoms with van der Waals surface area (Å²) in [5.41, 5.74) is 0. The maximum atomic E-state index is 13.0. The normalized spacial score (nSPS) is 24.8. The Morgan fingerprint density at radius 3 is 2.75 bits per heavy atom. The van der Waals surface area contributed by atoms with E-state index in [0.717, 1.165) is 18.6 Å². The van der Waals surface area contributed by atoms with Crippen LogP contribution in [0.25, 0.3) is 0 Å². The Kier molecular flexibility index (Phi) is 4.69. The summed E-state index contributed by atoms with van der Waals surface area (Å²) < 4.78 is 39.6. The minimum atomic E-state index is -3.78. The van der Waals surface area contributed by atoms with Crippen LogP contribution < -0.4 is 0 Å². The van der Waals surface area contributed by atoms with Gasteiger partial charge in [0.15, 0.2) is 0 Å². The average Bonchev–Trinajstić information content (AvgIpc) is 2.38. The molecule has 0 saturated carbocycles. The van der Waals surface area contributed by atoms with E-state index < -0.39 is 15.8 Å². The first kappa shape index (κ1) is 15.7. The molecule has 0 spiro atoms. The Balaban J connectivity index is 2.38. The van der Waals surface area contributed by atoms with Gasteiger partial charge in [-0.1, -0.05) is 11.6 Å². The fraction of sp³-hybridized carbons (Fsp3) is 0.538. The molecule has 1 fully saturated rings. The molecule has 112 valence electrons. The molecule has 1 saturated heterocycles. The van der Waals surface area contributed by atoms with Crippen LogP contribution in [0, 0.1) is 11.7 Å². The maximum absolute atomic E-state index is 13.0. The average molecular weight is 322 g/mol. The lowest BCUT2D eigenvalue weighted by molar-refractivity contribution is 0.139. The number of sulfonamides is 1. The lowest BCUT2D eigenvalue weighted by atomic mass is 9.96. The van der Waals surface area contributed by atoms with E-state index >= 15 is 0 Å². The van der Waals surface area contributed by atoms with E-state index in [2.05, 4.69) is 0 Å². The van der Waals surface area contributed by atoms with Crippen molar-refractivity contribution >= 4 is 21.6 Å². The van der Waals surface area contributed by atoms with Crippen molar-refractivity contribution in [1.82, 2.24) is 4.31 Å². The molecular formula is C13H17ClFNO3S. The molecule has 7 heteroatoms. The SMILES string of the molecule is CC1CCC(CO)CN1S(=O)(=O)c1ccc(F)cc1Cl. The number of hydrogen-bond donors (Lipinski definition) is 1. The van der Waals surface area contributed by atoms with Gasteiger partial charge in [0.2, 0.25) is 10.0 Å². The lowest BCUT2D eigenvalue weighted by Gasteiger charge is -2.36. The summed E-state index contributed by atoms with van der Waals surface area (Å²) in [7, 11) is -3.78. The van der Waals surface area contributed by atoms with Crippen LogP contribution in [0.4, 0.5) is 4.39 Å². The van der Waals surface area contributed by atoms with Gasteiger partial charge in [-0.25, -0.2) is 12.8 Å². The van der Waals surface area contributed by atoms with E-state index in [4.69, 9.17) is 11.6 Å². The van der Waals surface area contributed by atoms with Crippen LogP contribution in [0.5, 0.6) is 0 Å². The number of rotatable bonds is 3. The molecule has 0 bridgehead atoms. The van der Waals surface area contributed by atoms with Gasteiger partial charge in [-0.3, -0.25) is 0 Å². The summed E-state index contributed by atoms with van der Waals surface area (Å²) >= 11 is 5.86. The fourth-order valence-electron chi connectivity index (χ4n) is 2.44. The molecule has 1 aliphatic rings. The van der Waals surface area contributed by atoms with Gasteiger partial charge in [-0.05, 0) is 43.9 Å². The molecule has 2 atom stereocenters. The van der Waals surface area contributed by atoms with Crippen molar-refractivity contribution in [3.63, 3.8) is 0 Å². The van der Waals surface area contributed by atoms with Crippen molar-refractivity contribution in [3.8, 4) is 0 Å². The first-order valence-electron chi connectivity index (χ1n) is 6.44. The number of benzene rings is 1. The van der Waals surface area contributed by atoms with Crippen LogP contribution in [0.2, 0.25) is 5.02 Å². The molecule has 1 aromatic rings. The number of aliphatic hydroxyl groups is 1. The van der Waals surface area contributed by atoms with E-state index in [9.17, 15) is 17.9 Å². The van der Waals surface area contributed by atoms with Gasteiger partial charge in [-0.2, -0.15) is 4.31 Å². The quantitative estimate of drug-likeness (QED) is 0.929. The summed E-state index contributed by atoms with van der Waals surface area (Å²) in [6.45, 7) is 2.03. The molecule has 1 heterocycles. The van der Waals surface area contributed by atoms with Gasteiger partial charge in [0, 0.05) is 19.2 Å². The zero-order valence-corrected chi connectivity index (χ0v) is 12.7. The second-order valence-electron chi connectivity index (χ2n) is 5.12. The number of halogens is 2. The Morgan fingerprint density at radius 1 is 1.45 bits per heavy atom.